The summed E-state index contributed by atoms with van der Waals surface area (Å²) in [6, 6.07) is 13.8. The smallest absolute Gasteiger partial charge is 0.243 e. The first-order chi connectivity index (χ1) is 12.1. The highest BCUT2D eigenvalue weighted by Gasteiger charge is 2.31. The van der Waals surface area contributed by atoms with Crippen LogP contribution in [0, 0.1) is 13.8 Å². The molecule has 140 valence electrons. The minimum absolute atomic E-state index is 0.234. The van der Waals surface area contributed by atoms with Gasteiger partial charge in [0.2, 0.25) is 15.9 Å². The Morgan fingerprint density at radius 2 is 1.69 bits per heavy atom. The van der Waals surface area contributed by atoms with Crippen LogP contribution in [-0.2, 0) is 14.8 Å². The van der Waals surface area contributed by atoms with Gasteiger partial charge in [-0.1, -0.05) is 54.1 Å². The van der Waals surface area contributed by atoms with Crippen molar-refractivity contribution in [3.8, 4) is 0 Å². The minimum atomic E-state index is -3.54. The van der Waals surface area contributed by atoms with E-state index in [4.69, 9.17) is 0 Å². The van der Waals surface area contributed by atoms with Crippen LogP contribution in [0.4, 0.5) is 0 Å². The number of carbonyl (C=O) groups is 1. The van der Waals surface area contributed by atoms with Crippen LogP contribution >= 0.6 is 0 Å². The SMILES string of the molecule is Cc1ccc([C@@H](C)NC(=O)[C@@H](c2ccccc2)N(C)S(C)(=O)=O)c(C)c1. The van der Waals surface area contributed by atoms with Crippen molar-refractivity contribution < 1.29 is 13.2 Å². The van der Waals surface area contributed by atoms with Gasteiger partial charge in [0, 0.05) is 7.05 Å². The van der Waals surface area contributed by atoms with Gasteiger partial charge in [-0.25, -0.2) is 8.42 Å². The highest BCUT2D eigenvalue weighted by molar-refractivity contribution is 7.88. The molecule has 0 unspecified atom stereocenters. The van der Waals surface area contributed by atoms with E-state index in [9.17, 15) is 13.2 Å². The predicted octanol–water partition coefficient (Wildman–Crippen LogP) is 3.11. The number of carbonyl (C=O) groups excluding carboxylic acids is 1. The third kappa shape index (κ3) is 4.71. The summed E-state index contributed by atoms with van der Waals surface area (Å²) >= 11 is 0. The average Bonchev–Trinajstić information content (AvgIpc) is 2.54. The summed E-state index contributed by atoms with van der Waals surface area (Å²) in [4.78, 5) is 13.0. The second kappa shape index (κ2) is 8.01. The van der Waals surface area contributed by atoms with E-state index in [1.54, 1.807) is 24.3 Å². The Hall–Kier alpha value is -2.18. The molecular weight excluding hydrogens is 348 g/mol. The molecule has 26 heavy (non-hydrogen) atoms. The largest absolute Gasteiger partial charge is 0.348 e. The molecule has 1 N–H and O–H groups in total. The second-order valence-corrected chi connectivity index (χ2v) is 8.72. The van der Waals surface area contributed by atoms with Crippen molar-refractivity contribution in [3.63, 3.8) is 0 Å². The summed E-state index contributed by atoms with van der Waals surface area (Å²) < 4.78 is 25.2. The van der Waals surface area contributed by atoms with Gasteiger partial charge in [0.1, 0.15) is 6.04 Å². The first-order valence-corrected chi connectivity index (χ1v) is 10.3. The lowest BCUT2D eigenvalue weighted by atomic mass is 9.99. The second-order valence-electron chi connectivity index (χ2n) is 6.68. The van der Waals surface area contributed by atoms with Gasteiger partial charge < -0.3 is 5.32 Å². The van der Waals surface area contributed by atoms with Crippen LogP contribution in [0.5, 0.6) is 0 Å². The highest BCUT2D eigenvalue weighted by Crippen LogP contribution is 2.24. The summed E-state index contributed by atoms with van der Waals surface area (Å²) in [7, 11) is -2.11. The van der Waals surface area contributed by atoms with Crippen molar-refractivity contribution in [2.45, 2.75) is 32.9 Å². The van der Waals surface area contributed by atoms with Crippen molar-refractivity contribution >= 4 is 15.9 Å². The van der Waals surface area contributed by atoms with Crippen molar-refractivity contribution in [2.24, 2.45) is 0 Å². The number of likely N-dealkylation sites (N-methyl/N-ethyl adjacent to an activating group) is 1. The van der Waals surface area contributed by atoms with Crippen LogP contribution in [-0.4, -0.2) is 31.9 Å². The Balaban J connectivity index is 2.32. The van der Waals surface area contributed by atoms with E-state index in [-0.39, 0.29) is 11.9 Å². The quantitative estimate of drug-likeness (QED) is 0.845. The zero-order chi connectivity index (χ0) is 19.5. The number of rotatable bonds is 6. The van der Waals surface area contributed by atoms with Gasteiger partial charge in [0.05, 0.1) is 12.3 Å². The molecule has 6 heteroatoms. The van der Waals surface area contributed by atoms with Crippen LogP contribution in [0.1, 0.15) is 41.3 Å². The van der Waals surface area contributed by atoms with Gasteiger partial charge in [0.15, 0.2) is 0 Å². The molecule has 2 aromatic rings. The monoisotopic (exact) mass is 374 g/mol. The molecule has 2 aromatic carbocycles. The fourth-order valence-electron chi connectivity index (χ4n) is 3.03. The van der Waals surface area contributed by atoms with Crippen molar-refractivity contribution in [2.75, 3.05) is 13.3 Å². The van der Waals surface area contributed by atoms with E-state index in [1.807, 2.05) is 39.0 Å². The topological polar surface area (TPSA) is 66.5 Å². The third-order valence-corrected chi connectivity index (χ3v) is 5.76. The van der Waals surface area contributed by atoms with E-state index >= 15 is 0 Å². The van der Waals surface area contributed by atoms with E-state index in [0.717, 1.165) is 27.3 Å². The van der Waals surface area contributed by atoms with Gasteiger partial charge in [-0.05, 0) is 37.5 Å². The number of nitrogens with zero attached hydrogens (tertiary/aromatic N) is 1. The van der Waals surface area contributed by atoms with E-state index in [0.29, 0.717) is 5.56 Å². The molecule has 0 aromatic heterocycles. The lowest BCUT2D eigenvalue weighted by Crippen LogP contribution is -2.42. The maximum atomic E-state index is 13.0. The summed E-state index contributed by atoms with van der Waals surface area (Å²) in [5, 5.41) is 2.96. The van der Waals surface area contributed by atoms with Crippen molar-refractivity contribution in [1.82, 2.24) is 9.62 Å². The van der Waals surface area contributed by atoms with E-state index in [1.165, 1.54) is 7.05 Å². The standard InChI is InChI=1S/C20H26N2O3S/c1-14-11-12-18(15(2)13-14)16(3)21-20(23)19(22(4)26(5,24)25)17-9-7-6-8-10-17/h6-13,16,19H,1-5H3,(H,21,23)/t16-,19-/m1/s1. The molecular formula is C20H26N2O3S. The van der Waals surface area contributed by atoms with Crippen LogP contribution in [0.2, 0.25) is 0 Å². The van der Waals surface area contributed by atoms with Gasteiger partial charge in [-0.3, -0.25) is 4.79 Å². The Bertz CT molecular complexity index is 879. The zero-order valence-electron chi connectivity index (χ0n) is 15.9. The summed E-state index contributed by atoms with van der Waals surface area (Å²) in [5.41, 5.74) is 3.89. The van der Waals surface area contributed by atoms with E-state index < -0.39 is 16.1 Å². The molecule has 2 atom stereocenters. The molecule has 0 bridgehead atoms. The molecule has 0 aliphatic rings. The van der Waals surface area contributed by atoms with Gasteiger partial charge in [-0.15, -0.1) is 0 Å². The number of hydrogen-bond acceptors (Lipinski definition) is 3. The predicted molar refractivity (Wildman–Crippen MR) is 104 cm³/mol. The Labute approximate surface area is 156 Å². The maximum absolute atomic E-state index is 13.0. The molecule has 0 spiro atoms. The maximum Gasteiger partial charge on any atom is 0.243 e. The highest BCUT2D eigenvalue weighted by atomic mass is 32.2. The number of hydrogen-bond donors (Lipinski definition) is 1. The fourth-order valence-corrected chi connectivity index (χ4v) is 3.64. The Kier molecular flexibility index (Phi) is 6.21. The van der Waals surface area contributed by atoms with Gasteiger partial charge in [0.25, 0.3) is 0 Å². The summed E-state index contributed by atoms with van der Waals surface area (Å²) in [5.74, 6) is -0.350. The van der Waals surface area contributed by atoms with Crippen LogP contribution in [0.3, 0.4) is 0 Å². The summed E-state index contributed by atoms with van der Waals surface area (Å²) in [6.45, 7) is 5.92. The zero-order valence-corrected chi connectivity index (χ0v) is 16.7. The first kappa shape index (κ1) is 20.1. The third-order valence-electron chi connectivity index (χ3n) is 4.50. The Morgan fingerprint density at radius 1 is 1.08 bits per heavy atom. The lowest BCUT2D eigenvalue weighted by Gasteiger charge is -2.27. The molecule has 1 amide bonds. The number of amides is 1. The van der Waals surface area contributed by atoms with Crippen LogP contribution < -0.4 is 5.32 Å². The normalized spacial score (nSPS) is 14.1. The number of benzene rings is 2. The molecule has 0 radical (unpaired) electrons. The Morgan fingerprint density at radius 3 is 2.23 bits per heavy atom. The molecule has 0 aliphatic carbocycles. The lowest BCUT2D eigenvalue weighted by molar-refractivity contribution is -0.125. The molecule has 0 heterocycles. The van der Waals surface area contributed by atoms with Crippen LogP contribution in [0.15, 0.2) is 48.5 Å². The molecule has 0 saturated heterocycles. The van der Waals surface area contributed by atoms with Gasteiger partial charge in [-0.2, -0.15) is 4.31 Å². The summed E-state index contributed by atoms with van der Waals surface area (Å²) in [6.07, 6.45) is 1.10. The molecule has 5 nitrogen and oxygen atoms in total. The first-order valence-electron chi connectivity index (χ1n) is 8.46. The van der Waals surface area contributed by atoms with Crippen molar-refractivity contribution in [1.29, 1.82) is 0 Å². The van der Waals surface area contributed by atoms with Crippen molar-refractivity contribution in [3.05, 3.63) is 70.8 Å². The molecule has 0 fully saturated rings. The molecule has 0 aliphatic heterocycles. The number of nitrogens with one attached hydrogen (secondary N) is 1. The number of aryl methyl sites for hydroxylation is 2. The number of sulfonamides is 1. The van der Waals surface area contributed by atoms with E-state index in [2.05, 4.69) is 11.4 Å². The average molecular weight is 375 g/mol. The minimum Gasteiger partial charge on any atom is -0.348 e. The fraction of sp³-hybridized carbons (Fsp3) is 0.350. The molecule has 2 rings (SSSR count). The van der Waals surface area contributed by atoms with Crippen LogP contribution in [0.25, 0.3) is 0 Å². The van der Waals surface area contributed by atoms with Gasteiger partial charge >= 0.3 is 0 Å². The molecule has 0 saturated carbocycles.